The SMILES string of the molecule is CNC1(c2ccccc2)CCC2(CC1)CN(CCS(C)(=O)=O)C(O)N2CC1(O)CCC1. The fourth-order valence-corrected chi connectivity index (χ4v) is 6.37. The molecule has 1 aromatic carbocycles. The van der Waals surface area contributed by atoms with Gasteiger partial charge >= 0.3 is 0 Å². The summed E-state index contributed by atoms with van der Waals surface area (Å²) in [6.45, 7) is 1.39. The predicted octanol–water partition coefficient (Wildman–Crippen LogP) is 1.27. The maximum atomic E-state index is 11.7. The van der Waals surface area contributed by atoms with Gasteiger partial charge in [0, 0.05) is 37.0 Å². The summed E-state index contributed by atoms with van der Waals surface area (Å²) >= 11 is 0. The zero-order valence-corrected chi connectivity index (χ0v) is 19.6. The average molecular weight is 452 g/mol. The van der Waals surface area contributed by atoms with Crippen molar-refractivity contribution in [1.82, 2.24) is 15.1 Å². The molecule has 2 aliphatic carbocycles. The summed E-state index contributed by atoms with van der Waals surface area (Å²) in [7, 11) is -1.10. The minimum absolute atomic E-state index is 0.0305. The van der Waals surface area contributed by atoms with Crippen LogP contribution in [0.4, 0.5) is 0 Å². The van der Waals surface area contributed by atoms with Crippen LogP contribution in [0.25, 0.3) is 0 Å². The van der Waals surface area contributed by atoms with Gasteiger partial charge in [-0.05, 0) is 57.6 Å². The molecule has 174 valence electrons. The molecular formula is C23H37N3O4S. The maximum Gasteiger partial charge on any atom is 0.166 e. The van der Waals surface area contributed by atoms with Crippen molar-refractivity contribution in [2.45, 2.75) is 68.0 Å². The Morgan fingerprint density at radius 2 is 1.74 bits per heavy atom. The van der Waals surface area contributed by atoms with E-state index in [1.54, 1.807) is 0 Å². The molecule has 1 saturated heterocycles. The van der Waals surface area contributed by atoms with Crippen molar-refractivity contribution >= 4 is 9.84 Å². The highest BCUT2D eigenvalue weighted by Crippen LogP contribution is 2.48. The van der Waals surface area contributed by atoms with Crippen molar-refractivity contribution in [3.05, 3.63) is 35.9 Å². The molecular weight excluding hydrogens is 414 g/mol. The Labute approximate surface area is 186 Å². The lowest BCUT2D eigenvalue weighted by Gasteiger charge is -2.51. The number of aliphatic hydroxyl groups is 2. The molecule has 8 heteroatoms. The van der Waals surface area contributed by atoms with Crippen LogP contribution in [-0.2, 0) is 15.4 Å². The van der Waals surface area contributed by atoms with Crippen molar-refractivity contribution in [2.75, 3.05) is 38.7 Å². The van der Waals surface area contributed by atoms with Crippen molar-refractivity contribution in [1.29, 1.82) is 0 Å². The van der Waals surface area contributed by atoms with Gasteiger partial charge in [0.2, 0.25) is 0 Å². The monoisotopic (exact) mass is 451 g/mol. The van der Waals surface area contributed by atoms with Gasteiger partial charge in [0.25, 0.3) is 0 Å². The lowest BCUT2D eigenvalue weighted by Crippen LogP contribution is -2.60. The van der Waals surface area contributed by atoms with Gasteiger partial charge in [-0.25, -0.2) is 8.42 Å². The molecule has 7 nitrogen and oxygen atoms in total. The normalized spacial score (nSPS) is 34.1. The zero-order chi connectivity index (χ0) is 22.3. The van der Waals surface area contributed by atoms with E-state index in [1.807, 2.05) is 18.0 Å². The quantitative estimate of drug-likeness (QED) is 0.575. The molecule has 1 aliphatic heterocycles. The number of sulfone groups is 1. The Hall–Kier alpha value is -1.03. The van der Waals surface area contributed by atoms with Crippen LogP contribution in [-0.4, -0.2) is 84.6 Å². The van der Waals surface area contributed by atoms with Gasteiger partial charge < -0.3 is 15.5 Å². The zero-order valence-electron chi connectivity index (χ0n) is 18.8. The third-order valence-corrected chi connectivity index (χ3v) is 8.97. The standard InChI is InChI=1S/C23H37N3O4S/c1-24-23(19-7-4-3-5-8-19)13-11-21(12-14-23)17-25(15-16-31(2,29)30)20(27)26(21)18-22(28)9-6-10-22/h3-5,7-8,20,24,27-28H,6,9-18H2,1-2H3. The molecule has 1 unspecified atom stereocenters. The highest BCUT2D eigenvalue weighted by molar-refractivity contribution is 7.90. The van der Waals surface area contributed by atoms with Gasteiger partial charge in [-0.2, -0.15) is 0 Å². The van der Waals surface area contributed by atoms with E-state index in [0.29, 0.717) is 19.6 Å². The van der Waals surface area contributed by atoms with Crippen LogP contribution < -0.4 is 5.32 Å². The third kappa shape index (κ3) is 4.56. The van der Waals surface area contributed by atoms with E-state index in [0.717, 1.165) is 44.9 Å². The predicted molar refractivity (Wildman–Crippen MR) is 121 cm³/mol. The number of aliphatic hydroxyl groups excluding tert-OH is 1. The maximum absolute atomic E-state index is 11.7. The van der Waals surface area contributed by atoms with E-state index in [4.69, 9.17) is 0 Å². The molecule has 1 atom stereocenters. The van der Waals surface area contributed by atoms with Crippen molar-refractivity contribution < 1.29 is 18.6 Å². The first-order valence-corrected chi connectivity index (χ1v) is 13.5. The number of hydrogen-bond donors (Lipinski definition) is 3. The van der Waals surface area contributed by atoms with Crippen LogP contribution in [0.1, 0.15) is 50.5 Å². The Balaban J connectivity index is 1.56. The van der Waals surface area contributed by atoms with Crippen LogP contribution in [0.3, 0.4) is 0 Å². The molecule has 3 aliphatic rings. The molecule has 3 fully saturated rings. The van der Waals surface area contributed by atoms with Crippen molar-refractivity contribution in [3.63, 3.8) is 0 Å². The summed E-state index contributed by atoms with van der Waals surface area (Å²) in [6.07, 6.45) is 6.54. The van der Waals surface area contributed by atoms with Crippen LogP contribution >= 0.6 is 0 Å². The lowest BCUT2D eigenvalue weighted by molar-refractivity contribution is -0.141. The van der Waals surface area contributed by atoms with E-state index in [1.165, 1.54) is 11.8 Å². The molecule has 0 radical (unpaired) electrons. The largest absolute Gasteiger partial charge is 0.389 e. The number of benzene rings is 1. The van der Waals surface area contributed by atoms with E-state index in [9.17, 15) is 18.6 Å². The van der Waals surface area contributed by atoms with Crippen molar-refractivity contribution in [2.24, 2.45) is 0 Å². The van der Waals surface area contributed by atoms with Crippen LogP contribution in [0.5, 0.6) is 0 Å². The van der Waals surface area contributed by atoms with Gasteiger partial charge in [0.15, 0.2) is 6.35 Å². The highest BCUT2D eigenvalue weighted by atomic mass is 32.2. The molecule has 1 spiro atoms. The summed E-state index contributed by atoms with van der Waals surface area (Å²) in [4.78, 5) is 3.97. The number of hydrogen-bond acceptors (Lipinski definition) is 7. The van der Waals surface area contributed by atoms with E-state index < -0.39 is 21.8 Å². The second-order valence-corrected chi connectivity index (χ2v) is 12.3. The first-order valence-electron chi connectivity index (χ1n) is 11.4. The number of nitrogens with zero attached hydrogens (tertiary/aromatic N) is 2. The molecule has 0 bridgehead atoms. The molecule has 4 rings (SSSR count). The topological polar surface area (TPSA) is 93.1 Å². The molecule has 0 aromatic heterocycles. The summed E-state index contributed by atoms with van der Waals surface area (Å²) in [5.74, 6) is 0.0305. The fourth-order valence-electron chi connectivity index (χ4n) is 5.81. The minimum atomic E-state index is -3.11. The Morgan fingerprint density at radius 1 is 1.10 bits per heavy atom. The van der Waals surface area contributed by atoms with Crippen LogP contribution in [0.2, 0.25) is 0 Å². The summed E-state index contributed by atoms with van der Waals surface area (Å²) < 4.78 is 23.5. The minimum Gasteiger partial charge on any atom is -0.389 e. The number of nitrogens with one attached hydrogen (secondary N) is 1. The molecule has 1 aromatic rings. The Morgan fingerprint density at radius 3 is 2.26 bits per heavy atom. The highest BCUT2D eigenvalue weighted by Gasteiger charge is 2.55. The van der Waals surface area contributed by atoms with Gasteiger partial charge in [-0.1, -0.05) is 30.3 Å². The number of rotatable bonds is 7. The van der Waals surface area contributed by atoms with E-state index in [-0.39, 0.29) is 16.8 Å². The summed E-state index contributed by atoms with van der Waals surface area (Å²) in [6, 6.07) is 10.5. The van der Waals surface area contributed by atoms with E-state index in [2.05, 4.69) is 34.5 Å². The van der Waals surface area contributed by atoms with Gasteiger partial charge in [-0.3, -0.25) is 9.80 Å². The van der Waals surface area contributed by atoms with Crippen LogP contribution in [0, 0.1) is 0 Å². The lowest BCUT2D eigenvalue weighted by atomic mass is 9.68. The number of β-amino-alcohol motifs (C(OH)–C–C–N with tert-alkyl or cyclic N) is 1. The van der Waals surface area contributed by atoms with E-state index >= 15 is 0 Å². The van der Waals surface area contributed by atoms with Gasteiger partial charge in [0.1, 0.15) is 9.84 Å². The average Bonchev–Trinajstić information content (AvgIpc) is 2.98. The Kier molecular flexibility index (Phi) is 6.26. The molecule has 31 heavy (non-hydrogen) atoms. The third-order valence-electron chi connectivity index (χ3n) is 8.05. The summed E-state index contributed by atoms with van der Waals surface area (Å²) in [5.41, 5.74) is 0.190. The smallest absolute Gasteiger partial charge is 0.166 e. The second-order valence-electron chi connectivity index (χ2n) is 10.1. The van der Waals surface area contributed by atoms with Crippen LogP contribution in [0.15, 0.2) is 30.3 Å². The van der Waals surface area contributed by atoms with Gasteiger partial charge in [0.05, 0.1) is 11.4 Å². The van der Waals surface area contributed by atoms with Gasteiger partial charge in [-0.15, -0.1) is 0 Å². The first kappa shape index (κ1) is 23.1. The second kappa shape index (κ2) is 8.39. The fraction of sp³-hybridized carbons (Fsp3) is 0.739. The molecule has 0 amide bonds. The summed E-state index contributed by atoms with van der Waals surface area (Å²) in [5, 5.41) is 25.6. The molecule has 3 N–H and O–H groups in total. The Bertz CT molecular complexity index is 864. The van der Waals surface area contributed by atoms with Crippen molar-refractivity contribution in [3.8, 4) is 0 Å². The first-order chi connectivity index (χ1) is 14.6. The molecule has 2 saturated carbocycles. The molecule has 1 heterocycles.